The maximum atomic E-state index is 13.1. The van der Waals surface area contributed by atoms with E-state index in [2.05, 4.69) is 5.32 Å². The summed E-state index contributed by atoms with van der Waals surface area (Å²) in [6, 6.07) is 3.29. The highest BCUT2D eigenvalue weighted by molar-refractivity contribution is 7.90. The van der Waals surface area contributed by atoms with Crippen molar-refractivity contribution in [3.05, 3.63) is 35.4 Å². The summed E-state index contributed by atoms with van der Waals surface area (Å²) in [4.78, 5) is 0. The van der Waals surface area contributed by atoms with Gasteiger partial charge < -0.3 is 5.32 Å². The van der Waals surface area contributed by atoms with Crippen LogP contribution in [0.1, 0.15) is 5.56 Å². The van der Waals surface area contributed by atoms with Gasteiger partial charge >= 0.3 is 0 Å². The second kappa shape index (κ2) is 5.36. The molecular formula is C10H13F2NO2S. The monoisotopic (exact) mass is 249 g/mol. The Bertz CT molecular complexity index is 460. The zero-order valence-corrected chi connectivity index (χ0v) is 9.65. The van der Waals surface area contributed by atoms with E-state index in [4.69, 9.17) is 0 Å². The van der Waals surface area contributed by atoms with Crippen LogP contribution in [0.15, 0.2) is 18.2 Å². The molecule has 0 heterocycles. The SMILES string of the molecule is CS(=O)(=O)CCNCc1ccc(F)cc1F. The third-order valence-corrected chi connectivity index (χ3v) is 2.93. The predicted octanol–water partition coefficient (Wildman–Crippen LogP) is 1.10. The van der Waals surface area contributed by atoms with Crippen molar-refractivity contribution in [3.63, 3.8) is 0 Å². The second-order valence-electron chi connectivity index (χ2n) is 3.54. The highest BCUT2D eigenvalue weighted by Gasteiger charge is 2.04. The molecule has 0 saturated heterocycles. The molecule has 16 heavy (non-hydrogen) atoms. The summed E-state index contributed by atoms with van der Waals surface area (Å²) < 4.78 is 47.2. The molecule has 0 spiro atoms. The first kappa shape index (κ1) is 13.1. The average molecular weight is 249 g/mol. The Morgan fingerprint density at radius 2 is 2.00 bits per heavy atom. The molecule has 0 amide bonds. The Morgan fingerprint density at radius 3 is 2.56 bits per heavy atom. The maximum Gasteiger partial charge on any atom is 0.148 e. The van der Waals surface area contributed by atoms with Crippen LogP contribution in [0.25, 0.3) is 0 Å². The number of nitrogens with one attached hydrogen (secondary N) is 1. The van der Waals surface area contributed by atoms with Crippen molar-refractivity contribution >= 4 is 9.84 Å². The molecule has 0 fully saturated rings. The topological polar surface area (TPSA) is 46.2 Å². The Kier molecular flexibility index (Phi) is 4.37. The Hall–Kier alpha value is -1.01. The molecule has 0 bridgehead atoms. The first-order valence-electron chi connectivity index (χ1n) is 4.71. The fourth-order valence-electron chi connectivity index (χ4n) is 1.15. The van der Waals surface area contributed by atoms with Crippen LogP contribution >= 0.6 is 0 Å². The van der Waals surface area contributed by atoms with Gasteiger partial charge in [0.05, 0.1) is 5.75 Å². The van der Waals surface area contributed by atoms with Gasteiger partial charge in [-0.25, -0.2) is 17.2 Å². The van der Waals surface area contributed by atoms with E-state index in [1.165, 1.54) is 6.07 Å². The normalized spacial score (nSPS) is 11.7. The van der Waals surface area contributed by atoms with Crippen LogP contribution in [0.2, 0.25) is 0 Å². The third kappa shape index (κ3) is 4.67. The van der Waals surface area contributed by atoms with E-state index in [9.17, 15) is 17.2 Å². The van der Waals surface area contributed by atoms with Gasteiger partial charge in [-0.3, -0.25) is 0 Å². The van der Waals surface area contributed by atoms with Gasteiger partial charge in [0.1, 0.15) is 21.5 Å². The minimum absolute atomic E-state index is 0.00415. The molecular weight excluding hydrogens is 236 g/mol. The number of benzene rings is 1. The molecule has 3 nitrogen and oxygen atoms in total. The minimum Gasteiger partial charge on any atom is -0.312 e. The lowest BCUT2D eigenvalue weighted by molar-refractivity contribution is 0.562. The van der Waals surface area contributed by atoms with Crippen molar-refractivity contribution < 1.29 is 17.2 Å². The molecule has 0 aliphatic heterocycles. The highest BCUT2D eigenvalue weighted by Crippen LogP contribution is 2.08. The van der Waals surface area contributed by atoms with Crippen LogP contribution in [0.3, 0.4) is 0 Å². The number of hydrogen-bond donors (Lipinski definition) is 1. The van der Waals surface area contributed by atoms with Gasteiger partial charge in [-0.05, 0) is 6.07 Å². The molecule has 0 aromatic heterocycles. The first-order valence-corrected chi connectivity index (χ1v) is 6.77. The fraction of sp³-hybridized carbons (Fsp3) is 0.400. The molecule has 0 aliphatic rings. The zero-order valence-electron chi connectivity index (χ0n) is 8.83. The van der Waals surface area contributed by atoms with Crippen LogP contribution < -0.4 is 5.32 Å². The van der Waals surface area contributed by atoms with Gasteiger partial charge in [-0.1, -0.05) is 6.07 Å². The number of sulfone groups is 1. The van der Waals surface area contributed by atoms with E-state index in [0.29, 0.717) is 5.56 Å². The third-order valence-electron chi connectivity index (χ3n) is 1.98. The zero-order chi connectivity index (χ0) is 12.2. The lowest BCUT2D eigenvalue weighted by Crippen LogP contribution is -2.22. The molecule has 1 aromatic carbocycles. The van der Waals surface area contributed by atoms with E-state index < -0.39 is 21.5 Å². The van der Waals surface area contributed by atoms with Crippen molar-refractivity contribution in [2.24, 2.45) is 0 Å². The molecule has 0 saturated carbocycles. The second-order valence-corrected chi connectivity index (χ2v) is 5.80. The molecule has 0 aliphatic carbocycles. The Balaban J connectivity index is 2.43. The molecule has 0 unspecified atom stereocenters. The van der Waals surface area contributed by atoms with Gasteiger partial charge in [0.2, 0.25) is 0 Å². The summed E-state index contributed by atoms with van der Waals surface area (Å²) in [6.07, 6.45) is 1.13. The lowest BCUT2D eigenvalue weighted by Gasteiger charge is -2.05. The van der Waals surface area contributed by atoms with Crippen molar-refractivity contribution in [1.82, 2.24) is 5.32 Å². The fourth-order valence-corrected chi connectivity index (χ4v) is 1.66. The van der Waals surface area contributed by atoms with Gasteiger partial charge in [0.25, 0.3) is 0 Å². The summed E-state index contributed by atoms with van der Waals surface area (Å²) in [6.45, 7) is 0.428. The van der Waals surface area contributed by atoms with Gasteiger partial charge in [-0.2, -0.15) is 0 Å². The lowest BCUT2D eigenvalue weighted by atomic mass is 10.2. The van der Waals surface area contributed by atoms with Crippen LogP contribution in [-0.4, -0.2) is 27.0 Å². The van der Waals surface area contributed by atoms with Gasteiger partial charge in [-0.15, -0.1) is 0 Å². The van der Waals surface area contributed by atoms with Crippen LogP contribution in [0.5, 0.6) is 0 Å². The molecule has 0 atom stereocenters. The quantitative estimate of drug-likeness (QED) is 0.795. The average Bonchev–Trinajstić information content (AvgIpc) is 2.13. The van der Waals surface area contributed by atoms with Crippen molar-refractivity contribution in [3.8, 4) is 0 Å². The van der Waals surface area contributed by atoms with E-state index in [1.807, 2.05) is 0 Å². The van der Waals surface area contributed by atoms with Gasteiger partial charge in [0.15, 0.2) is 0 Å². The predicted molar refractivity (Wildman–Crippen MR) is 57.8 cm³/mol. The summed E-state index contributed by atoms with van der Waals surface area (Å²) in [7, 11) is -3.01. The van der Waals surface area contributed by atoms with Crippen molar-refractivity contribution in [2.75, 3.05) is 18.6 Å². The highest BCUT2D eigenvalue weighted by atomic mass is 32.2. The van der Waals surface area contributed by atoms with Crippen LogP contribution in [0, 0.1) is 11.6 Å². The Labute approximate surface area is 93.4 Å². The van der Waals surface area contributed by atoms with Gasteiger partial charge in [0, 0.05) is 31.0 Å². The standard InChI is InChI=1S/C10H13F2NO2S/c1-16(14,15)5-4-13-7-8-2-3-9(11)6-10(8)12/h2-3,6,13H,4-5,7H2,1H3. The molecule has 1 aromatic rings. The van der Waals surface area contributed by atoms with E-state index >= 15 is 0 Å². The van der Waals surface area contributed by atoms with E-state index in [0.717, 1.165) is 18.4 Å². The Morgan fingerprint density at radius 1 is 1.31 bits per heavy atom. The largest absolute Gasteiger partial charge is 0.312 e. The van der Waals surface area contributed by atoms with Crippen molar-refractivity contribution in [2.45, 2.75) is 6.54 Å². The number of hydrogen-bond acceptors (Lipinski definition) is 3. The van der Waals surface area contributed by atoms with Crippen LogP contribution in [-0.2, 0) is 16.4 Å². The molecule has 90 valence electrons. The smallest absolute Gasteiger partial charge is 0.148 e. The molecule has 0 radical (unpaired) electrons. The summed E-state index contributed by atoms with van der Waals surface area (Å²) in [5, 5.41) is 2.78. The number of halogens is 2. The molecule has 1 N–H and O–H groups in total. The van der Waals surface area contributed by atoms with Crippen LogP contribution in [0.4, 0.5) is 8.78 Å². The first-order chi connectivity index (χ1) is 7.38. The summed E-state index contributed by atoms with van der Waals surface area (Å²) in [5.74, 6) is -1.26. The van der Waals surface area contributed by atoms with E-state index in [1.54, 1.807) is 0 Å². The molecule has 6 heteroatoms. The van der Waals surface area contributed by atoms with E-state index in [-0.39, 0.29) is 18.8 Å². The number of rotatable bonds is 5. The molecule has 1 rings (SSSR count). The maximum absolute atomic E-state index is 13.1. The summed E-state index contributed by atoms with van der Waals surface area (Å²) in [5.41, 5.74) is 0.315. The minimum atomic E-state index is -3.01. The summed E-state index contributed by atoms with van der Waals surface area (Å²) >= 11 is 0. The van der Waals surface area contributed by atoms with Crippen molar-refractivity contribution in [1.29, 1.82) is 0 Å².